The number of anilines is 2. The Hall–Kier alpha value is -4.64. The average molecular weight is 705 g/mol. The minimum Gasteiger partial charge on any atom is -0.383 e. The molecule has 3 aromatic carbocycles. The number of carbonyl (C=O) groups excluding carboxylic acids is 3. The highest BCUT2D eigenvalue weighted by Gasteiger charge is 2.79. The highest BCUT2D eigenvalue weighted by molar-refractivity contribution is 6.06. The largest absolute Gasteiger partial charge is 0.456 e. The van der Waals surface area contributed by atoms with Crippen molar-refractivity contribution in [3.05, 3.63) is 118 Å². The molecule has 0 heterocycles. The lowest BCUT2D eigenvalue weighted by atomic mass is 9.50. The monoisotopic (exact) mass is 704 g/mol. The van der Waals surface area contributed by atoms with Crippen LogP contribution in [0.25, 0.3) is 0 Å². The maximum atomic E-state index is 15.3. The molecule has 3 aromatic rings. The van der Waals surface area contributed by atoms with E-state index in [9.17, 15) is 32.7 Å². The number of fused-ring (bicyclic) bond motifs is 4. The van der Waals surface area contributed by atoms with E-state index in [0.717, 1.165) is 16.7 Å². The molecule has 0 aliphatic heterocycles. The van der Waals surface area contributed by atoms with Crippen molar-refractivity contribution >= 4 is 29.0 Å². The Kier molecular flexibility index (Phi) is 8.56. The first kappa shape index (κ1) is 34.8. The average Bonchev–Trinajstić information content (AvgIpc) is 3.39. The number of alkyl halides is 5. The predicted octanol–water partition coefficient (Wildman–Crippen LogP) is 9.02. The third-order valence-corrected chi connectivity index (χ3v) is 11.8. The molecule has 2 amide bonds. The molecule has 0 aromatic heterocycles. The van der Waals surface area contributed by atoms with E-state index in [1.165, 1.54) is 6.92 Å². The second kappa shape index (κ2) is 12.5. The van der Waals surface area contributed by atoms with E-state index in [0.29, 0.717) is 41.8 Å². The Morgan fingerprint density at radius 1 is 0.784 bits per heavy atom. The fourth-order valence-electron chi connectivity index (χ4n) is 9.21. The van der Waals surface area contributed by atoms with Gasteiger partial charge in [-0.15, -0.1) is 0 Å². The molecule has 2 fully saturated rings. The van der Waals surface area contributed by atoms with Gasteiger partial charge in [0, 0.05) is 40.3 Å². The molecule has 3 N–H and O–H groups in total. The maximum absolute atomic E-state index is 15.3. The van der Waals surface area contributed by atoms with Crippen LogP contribution >= 0.6 is 0 Å². The molecule has 0 radical (unpaired) electrons. The number of carbonyl (C=O) groups is 3. The van der Waals surface area contributed by atoms with E-state index in [1.54, 1.807) is 78.9 Å². The first-order valence-corrected chi connectivity index (χ1v) is 17.1. The fourth-order valence-corrected chi connectivity index (χ4v) is 9.21. The van der Waals surface area contributed by atoms with Gasteiger partial charge in [-0.2, -0.15) is 22.0 Å². The Labute approximate surface area is 291 Å². The van der Waals surface area contributed by atoms with Gasteiger partial charge < -0.3 is 15.7 Å². The van der Waals surface area contributed by atoms with Crippen LogP contribution in [0.1, 0.15) is 84.1 Å². The van der Waals surface area contributed by atoms with Crippen molar-refractivity contribution in [3.8, 4) is 0 Å². The summed E-state index contributed by atoms with van der Waals surface area (Å²) >= 11 is 0. The topological polar surface area (TPSA) is 95.5 Å². The Balaban J connectivity index is 1.16. The lowest BCUT2D eigenvalue weighted by Gasteiger charge is -2.56. The number of allylic oxidation sites excluding steroid dienone is 4. The van der Waals surface area contributed by atoms with Crippen molar-refractivity contribution in [1.82, 2.24) is 0 Å². The fraction of sp³-hybridized carbons (Fsp3) is 0.375. The van der Waals surface area contributed by atoms with Crippen LogP contribution in [0, 0.1) is 17.3 Å². The molecular weight excluding hydrogens is 667 g/mol. The molecule has 266 valence electrons. The molecule has 0 bridgehead atoms. The molecule has 2 saturated carbocycles. The number of aliphatic hydroxyl groups is 1. The summed E-state index contributed by atoms with van der Waals surface area (Å²) in [5.74, 6) is -7.62. The normalized spacial score (nSPS) is 27.5. The third-order valence-electron chi connectivity index (χ3n) is 11.8. The van der Waals surface area contributed by atoms with Gasteiger partial charge in [-0.1, -0.05) is 42.8 Å². The van der Waals surface area contributed by atoms with Crippen LogP contribution in [0.3, 0.4) is 0 Å². The summed E-state index contributed by atoms with van der Waals surface area (Å²) in [6, 6.07) is 21.9. The standard InChI is InChI=1S/C40H37F5N2O4/c1-37-22-32(23-7-9-24(10-8-23)35(49)47-28-14-11-25(12-15-28)36(50)46-27-5-3-2-4-6-27)34-30-18-16-29(48)21-26(30)13-17-31(34)33(37)19-20-38(37,51)39(41,42)40(43,44)45/h2-12,14-15,21,31-33,51H,13,16-20,22H2,1H3,(H,46,50)(H,47,49)/t31?,32-,33?,37+,38-/m1/s1. The van der Waals surface area contributed by atoms with Gasteiger partial charge in [-0.05, 0) is 122 Å². The van der Waals surface area contributed by atoms with E-state index in [2.05, 4.69) is 10.6 Å². The number of ketones is 1. The second-order valence-electron chi connectivity index (χ2n) is 14.4. The minimum atomic E-state index is -5.93. The molecule has 5 atom stereocenters. The van der Waals surface area contributed by atoms with Crippen molar-refractivity contribution in [2.24, 2.45) is 17.3 Å². The van der Waals surface area contributed by atoms with Crippen LogP contribution in [-0.4, -0.2) is 40.4 Å². The van der Waals surface area contributed by atoms with Gasteiger partial charge >= 0.3 is 12.1 Å². The predicted molar refractivity (Wildman–Crippen MR) is 181 cm³/mol. The van der Waals surface area contributed by atoms with E-state index in [1.807, 2.05) is 6.07 Å². The van der Waals surface area contributed by atoms with Crippen LogP contribution in [0.4, 0.5) is 33.3 Å². The SMILES string of the molecule is C[C@]12C[C@H](c3ccc(C(=O)Nc4ccc(C(=O)Nc5ccccc5)cc4)cc3)C3=C4CCC(=O)C=C4CCC3C1CC[C@]2(O)C(F)(F)C(F)(F)F. The molecule has 7 rings (SSSR count). The summed E-state index contributed by atoms with van der Waals surface area (Å²) in [7, 11) is 0. The molecule has 2 unspecified atom stereocenters. The number of para-hydroxylation sites is 1. The third kappa shape index (κ3) is 5.79. The molecule has 51 heavy (non-hydrogen) atoms. The molecule has 4 aliphatic rings. The molecule has 11 heteroatoms. The summed E-state index contributed by atoms with van der Waals surface area (Å²) in [5, 5.41) is 17.1. The zero-order valence-electron chi connectivity index (χ0n) is 27.8. The summed E-state index contributed by atoms with van der Waals surface area (Å²) < 4.78 is 72.2. The van der Waals surface area contributed by atoms with Gasteiger partial charge in [-0.25, -0.2) is 0 Å². The van der Waals surface area contributed by atoms with E-state index in [-0.39, 0.29) is 42.4 Å². The molecule has 6 nitrogen and oxygen atoms in total. The Bertz CT molecular complexity index is 1940. The smallest absolute Gasteiger partial charge is 0.383 e. The van der Waals surface area contributed by atoms with Crippen LogP contribution in [-0.2, 0) is 4.79 Å². The van der Waals surface area contributed by atoms with Crippen molar-refractivity contribution < 1.29 is 41.4 Å². The summed E-state index contributed by atoms with van der Waals surface area (Å²) in [6.07, 6.45) is -3.34. The zero-order valence-corrected chi connectivity index (χ0v) is 27.8. The maximum Gasteiger partial charge on any atom is 0.456 e. The van der Waals surface area contributed by atoms with Crippen LogP contribution in [0.15, 0.2) is 102 Å². The van der Waals surface area contributed by atoms with Gasteiger partial charge in [-0.3, -0.25) is 14.4 Å². The number of benzene rings is 3. The van der Waals surface area contributed by atoms with Gasteiger partial charge in [0.2, 0.25) is 0 Å². The second-order valence-corrected chi connectivity index (χ2v) is 14.4. The van der Waals surface area contributed by atoms with Crippen LogP contribution in [0.2, 0.25) is 0 Å². The lowest BCUT2D eigenvalue weighted by Crippen LogP contribution is -2.65. The van der Waals surface area contributed by atoms with Gasteiger partial charge in [0.05, 0.1) is 0 Å². The van der Waals surface area contributed by atoms with Crippen molar-refractivity contribution in [2.45, 2.75) is 75.5 Å². The van der Waals surface area contributed by atoms with Gasteiger partial charge in [0.15, 0.2) is 5.78 Å². The van der Waals surface area contributed by atoms with Crippen molar-refractivity contribution in [1.29, 1.82) is 0 Å². The Morgan fingerprint density at radius 3 is 1.98 bits per heavy atom. The van der Waals surface area contributed by atoms with Crippen LogP contribution < -0.4 is 10.6 Å². The summed E-state index contributed by atoms with van der Waals surface area (Å²) in [4.78, 5) is 38.2. The summed E-state index contributed by atoms with van der Waals surface area (Å²) in [5.41, 5.74) is 0.149. The van der Waals surface area contributed by atoms with Crippen LogP contribution in [0.5, 0.6) is 0 Å². The highest BCUT2D eigenvalue weighted by atomic mass is 19.4. The number of amides is 2. The number of hydrogen-bond donors (Lipinski definition) is 3. The molecule has 0 spiro atoms. The molecular formula is C40H37F5N2O4. The quantitative estimate of drug-likeness (QED) is 0.223. The van der Waals surface area contributed by atoms with E-state index in [4.69, 9.17) is 0 Å². The summed E-state index contributed by atoms with van der Waals surface area (Å²) in [6.45, 7) is 1.38. The van der Waals surface area contributed by atoms with E-state index >= 15 is 8.78 Å². The minimum absolute atomic E-state index is 0.00511. The van der Waals surface area contributed by atoms with Crippen molar-refractivity contribution in [2.75, 3.05) is 10.6 Å². The van der Waals surface area contributed by atoms with Gasteiger partial charge in [0.25, 0.3) is 11.8 Å². The van der Waals surface area contributed by atoms with Gasteiger partial charge in [0.1, 0.15) is 5.60 Å². The van der Waals surface area contributed by atoms with E-state index < -0.39 is 47.3 Å². The van der Waals surface area contributed by atoms with Crippen molar-refractivity contribution in [3.63, 3.8) is 0 Å². The number of rotatable bonds is 6. The number of hydrogen-bond acceptors (Lipinski definition) is 4. The first-order chi connectivity index (χ1) is 24.1. The number of nitrogens with one attached hydrogen (secondary N) is 2. The Morgan fingerprint density at radius 2 is 1.37 bits per heavy atom. The zero-order chi connectivity index (χ0) is 36.3. The highest BCUT2D eigenvalue weighted by Crippen LogP contribution is 2.70. The molecule has 0 saturated heterocycles. The lowest BCUT2D eigenvalue weighted by molar-refractivity contribution is -0.362. The number of halogens is 5. The first-order valence-electron chi connectivity index (χ1n) is 17.1. The molecule has 4 aliphatic carbocycles.